The number of aliphatic hydroxyl groups is 1. The highest BCUT2D eigenvalue weighted by Gasteiger charge is 2.14. The standard InChI is InChI=1S/C8H13NO4S2/c1-13-3-2-9-15(11,12)8-4-7(5-10)14-6-8/h4,6,9-10H,2-3,5H2,1H3. The third-order valence-corrected chi connectivity index (χ3v) is 4.21. The van der Waals surface area contributed by atoms with E-state index in [0.29, 0.717) is 11.5 Å². The Morgan fingerprint density at radius 3 is 2.87 bits per heavy atom. The number of methoxy groups -OCH3 is 1. The minimum atomic E-state index is -3.45. The first-order chi connectivity index (χ1) is 7.10. The third-order valence-electron chi connectivity index (χ3n) is 1.69. The van der Waals surface area contributed by atoms with Gasteiger partial charge in [-0.3, -0.25) is 0 Å². The Balaban J connectivity index is 2.68. The third kappa shape index (κ3) is 3.54. The highest BCUT2D eigenvalue weighted by atomic mass is 32.2. The lowest BCUT2D eigenvalue weighted by atomic mass is 10.5. The zero-order chi connectivity index (χ0) is 11.3. The zero-order valence-corrected chi connectivity index (χ0v) is 9.90. The van der Waals surface area contributed by atoms with E-state index in [1.165, 1.54) is 29.9 Å². The molecule has 1 rings (SSSR count). The second kappa shape index (κ2) is 5.57. The van der Waals surface area contributed by atoms with E-state index in [0.717, 1.165) is 0 Å². The van der Waals surface area contributed by atoms with Crippen molar-refractivity contribution in [2.24, 2.45) is 0 Å². The van der Waals surface area contributed by atoms with Crippen LogP contribution in [-0.4, -0.2) is 33.8 Å². The van der Waals surface area contributed by atoms with E-state index >= 15 is 0 Å². The predicted molar refractivity (Wildman–Crippen MR) is 57.3 cm³/mol. The molecule has 0 aliphatic heterocycles. The molecule has 7 heteroatoms. The van der Waals surface area contributed by atoms with Gasteiger partial charge in [0, 0.05) is 23.9 Å². The van der Waals surface area contributed by atoms with Crippen molar-refractivity contribution in [3.05, 3.63) is 16.3 Å². The van der Waals surface area contributed by atoms with Crippen LogP contribution in [0.15, 0.2) is 16.3 Å². The van der Waals surface area contributed by atoms with E-state index in [1.807, 2.05) is 0 Å². The van der Waals surface area contributed by atoms with Gasteiger partial charge in [-0.2, -0.15) is 0 Å². The monoisotopic (exact) mass is 251 g/mol. The summed E-state index contributed by atoms with van der Waals surface area (Å²) in [5, 5.41) is 10.3. The highest BCUT2D eigenvalue weighted by molar-refractivity contribution is 7.89. The molecule has 0 aliphatic carbocycles. The number of ether oxygens (including phenoxy) is 1. The molecule has 5 nitrogen and oxygen atoms in total. The van der Waals surface area contributed by atoms with Crippen LogP contribution in [0.1, 0.15) is 4.88 Å². The van der Waals surface area contributed by atoms with E-state index in [-0.39, 0.29) is 18.0 Å². The van der Waals surface area contributed by atoms with Gasteiger partial charge in [0.25, 0.3) is 0 Å². The first-order valence-corrected chi connectivity index (χ1v) is 6.63. The fourth-order valence-electron chi connectivity index (χ4n) is 0.946. The molecule has 86 valence electrons. The minimum Gasteiger partial charge on any atom is -0.391 e. The van der Waals surface area contributed by atoms with Crippen LogP contribution in [0.2, 0.25) is 0 Å². The molecule has 0 fully saturated rings. The Hall–Kier alpha value is -0.470. The summed E-state index contributed by atoms with van der Waals surface area (Å²) >= 11 is 1.22. The van der Waals surface area contributed by atoms with Gasteiger partial charge < -0.3 is 9.84 Å². The molecule has 1 heterocycles. The van der Waals surface area contributed by atoms with Crippen LogP contribution in [-0.2, 0) is 21.4 Å². The van der Waals surface area contributed by atoms with Crippen LogP contribution < -0.4 is 4.72 Å². The lowest BCUT2D eigenvalue weighted by Gasteiger charge is -2.03. The van der Waals surface area contributed by atoms with E-state index in [4.69, 9.17) is 9.84 Å². The molecule has 2 N–H and O–H groups in total. The van der Waals surface area contributed by atoms with Gasteiger partial charge in [0.1, 0.15) is 0 Å². The maximum Gasteiger partial charge on any atom is 0.241 e. The van der Waals surface area contributed by atoms with Crippen molar-refractivity contribution < 1.29 is 18.3 Å². The van der Waals surface area contributed by atoms with Crippen LogP contribution in [0, 0.1) is 0 Å². The number of hydrogen-bond acceptors (Lipinski definition) is 5. The fraction of sp³-hybridized carbons (Fsp3) is 0.500. The lowest BCUT2D eigenvalue weighted by Crippen LogP contribution is -2.26. The summed E-state index contributed by atoms with van der Waals surface area (Å²) in [7, 11) is -1.95. The maximum absolute atomic E-state index is 11.6. The van der Waals surface area contributed by atoms with Gasteiger partial charge >= 0.3 is 0 Å². The number of nitrogens with one attached hydrogen (secondary N) is 1. The van der Waals surface area contributed by atoms with Crippen molar-refractivity contribution in [1.29, 1.82) is 0 Å². The quantitative estimate of drug-likeness (QED) is 0.706. The summed E-state index contributed by atoms with van der Waals surface area (Å²) in [6.45, 7) is 0.428. The van der Waals surface area contributed by atoms with Gasteiger partial charge in [0.05, 0.1) is 18.1 Å². The highest BCUT2D eigenvalue weighted by Crippen LogP contribution is 2.18. The van der Waals surface area contributed by atoms with Crippen molar-refractivity contribution in [2.75, 3.05) is 20.3 Å². The molecule has 0 unspecified atom stereocenters. The van der Waals surface area contributed by atoms with Gasteiger partial charge in [-0.25, -0.2) is 13.1 Å². The Bertz CT molecular complexity index is 399. The van der Waals surface area contributed by atoms with Gasteiger partial charge in [-0.05, 0) is 6.07 Å². The molecule has 0 spiro atoms. The van der Waals surface area contributed by atoms with Crippen molar-refractivity contribution in [1.82, 2.24) is 4.72 Å². The van der Waals surface area contributed by atoms with Gasteiger partial charge in [-0.1, -0.05) is 0 Å². The van der Waals surface area contributed by atoms with E-state index < -0.39 is 10.0 Å². The molecule has 0 aromatic carbocycles. The largest absolute Gasteiger partial charge is 0.391 e. The summed E-state index contributed by atoms with van der Waals surface area (Å²) in [6.07, 6.45) is 0. The SMILES string of the molecule is COCCNS(=O)(=O)c1csc(CO)c1. The normalized spacial score (nSPS) is 11.9. The van der Waals surface area contributed by atoms with Crippen LogP contribution in [0.25, 0.3) is 0 Å². The molecule has 0 amide bonds. The number of thiophene rings is 1. The van der Waals surface area contributed by atoms with Crippen LogP contribution >= 0.6 is 11.3 Å². The smallest absolute Gasteiger partial charge is 0.241 e. The summed E-state index contributed by atoms with van der Waals surface area (Å²) in [5.74, 6) is 0. The fourth-order valence-corrected chi connectivity index (χ4v) is 3.09. The van der Waals surface area contributed by atoms with E-state index in [1.54, 1.807) is 0 Å². The molecular weight excluding hydrogens is 238 g/mol. The topological polar surface area (TPSA) is 75.6 Å². The molecule has 0 aliphatic rings. The van der Waals surface area contributed by atoms with Crippen LogP contribution in [0.3, 0.4) is 0 Å². The lowest BCUT2D eigenvalue weighted by molar-refractivity contribution is 0.204. The summed E-state index contributed by atoms with van der Waals surface area (Å²) in [5.41, 5.74) is 0. The Kier molecular flexibility index (Phi) is 4.68. The maximum atomic E-state index is 11.6. The van der Waals surface area contributed by atoms with Gasteiger partial charge in [0.15, 0.2) is 0 Å². The summed E-state index contributed by atoms with van der Waals surface area (Å²) in [4.78, 5) is 0.815. The average molecular weight is 251 g/mol. The van der Waals surface area contributed by atoms with E-state index in [9.17, 15) is 8.42 Å². The Morgan fingerprint density at radius 2 is 2.33 bits per heavy atom. The van der Waals surface area contributed by atoms with E-state index in [2.05, 4.69) is 4.72 Å². The van der Waals surface area contributed by atoms with Gasteiger partial charge in [0.2, 0.25) is 10.0 Å². The molecule has 0 atom stereocenters. The first kappa shape index (κ1) is 12.6. The molecule has 0 radical (unpaired) electrons. The van der Waals surface area contributed by atoms with Crippen molar-refractivity contribution >= 4 is 21.4 Å². The van der Waals surface area contributed by atoms with Crippen molar-refractivity contribution in [3.63, 3.8) is 0 Å². The first-order valence-electron chi connectivity index (χ1n) is 4.27. The Morgan fingerprint density at radius 1 is 1.60 bits per heavy atom. The van der Waals surface area contributed by atoms with Crippen molar-refractivity contribution in [3.8, 4) is 0 Å². The molecule has 0 saturated carbocycles. The second-order valence-electron chi connectivity index (χ2n) is 2.80. The summed E-state index contributed by atoms with van der Waals surface area (Å²) in [6, 6.07) is 1.46. The second-order valence-corrected chi connectivity index (χ2v) is 5.56. The molecule has 15 heavy (non-hydrogen) atoms. The molecule has 0 saturated heterocycles. The molecule has 1 aromatic rings. The van der Waals surface area contributed by atoms with Gasteiger partial charge in [-0.15, -0.1) is 11.3 Å². The molecule has 0 bridgehead atoms. The number of rotatable bonds is 6. The predicted octanol–water partition coefficient (Wildman–Crippen LogP) is 0.165. The number of hydrogen-bond donors (Lipinski definition) is 2. The number of aliphatic hydroxyl groups excluding tert-OH is 1. The molecule has 1 aromatic heterocycles. The van der Waals surface area contributed by atoms with Crippen molar-refractivity contribution in [2.45, 2.75) is 11.5 Å². The molecular formula is C8H13NO4S2. The average Bonchev–Trinajstić information content (AvgIpc) is 2.66. The van der Waals surface area contributed by atoms with Crippen LogP contribution in [0.5, 0.6) is 0 Å². The number of sulfonamides is 1. The summed E-state index contributed by atoms with van der Waals surface area (Å²) < 4.78 is 30.3. The Labute approximate surface area is 92.7 Å². The zero-order valence-electron chi connectivity index (χ0n) is 8.26. The minimum absolute atomic E-state index is 0.141. The van der Waals surface area contributed by atoms with Crippen LogP contribution in [0.4, 0.5) is 0 Å².